The quantitative estimate of drug-likeness (QED) is 0.597. The van der Waals surface area contributed by atoms with E-state index in [1.54, 1.807) is 7.11 Å². The maximum Gasteiger partial charge on any atom is 0.119 e. The highest BCUT2D eigenvalue weighted by Crippen LogP contribution is 2.32. The van der Waals surface area contributed by atoms with E-state index >= 15 is 0 Å². The minimum Gasteiger partial charge on any atom is -0.380 e. The largest absolute Gasteiger partial charge is 0.380 e. The maximum atomic E-state index is 14.6. The zero-order chi connectivity index (χ0) is 18.4. The summed E-state index contributed by atoms with van der Waals surface area (Å²) in [5.74, 6) is -0.0862. The Balaban J connectivity index is 1.71. The van der Waals surface area contributed by atoms with Crippen LogP contribution in [0.3, 0.4) is 0 Å². The van der Waals surface area contributed by atoms with E-state index in [0.29, 0.717) is 25.9 Å². The minimum absolute atomic E-state index is 0.0862. The lowest BCUT2D eigenvalue weighted by atomic mass is 9.89. The molecule has 2 rings (SSSR count). The van der Waals surface area contributed by atoms with Crippen LogP contribution in [0, 0.1) is 5.92 Å². The van der Waals surface area contributed by atoms with Gasteiger partial charge in [0.25, 0.3) is 0 Å². The highest BCUT2D eigenvalue weighted by atomic mass is 19.1. The van der Waals surface area contributed by atoms with Crippen molar-refractivity contribution in [2.75, 3.05) is 59.6 Å². The van der Waals surface area contributed by atoms with E-state index in [-0.39, 0.29) is 12.0 Å². The fourth-order valence-electron chi connectivity index (χ4n) is 3.83. The first-order chi connectivity index (χ1) is 11.8. The van der Waals surface area contributed by atoms with Gasteiger partial charge in [-0.05, 0) is 34.1 Å². The Hall–Kier alpha value is -0.270. The van der Waals surface area contributed by atoms with E-state index in [4.69, 9.17) is 14.2 Å². The van der Waals surface area contributed by atoms with Crippen LogP contribution < -0.4 is 0 Å². The normalized spacial score (nSPS) is 29.2. The van der Waals surface area contributed by atoms with Gasteiger partial charge in [-0.1, -0.05) is 0 Å². The van der Waals surface area contributed by atoms with Crippen molar-refractivity contribution in [1.29, 1.82) is 0 Å². The lowest BCUT2D eigenvalue weighted by Gasteiger charge is -2.33. The van der Waals surface area contributed by atoms with E-state index < -0.39 is 11.8 Å². The minimum atomic E-state index is -0.835. The molecule has 2 saturated heterocycles. The second kappa shape index (κ2) is 9.60. The summed E-state index contributed by atoms with van der Waals surface area (Å²) < 4.78 is 31.7. The standard InChI is InChI=1S/C19H37FN2O3/c1-15(2)24-10-8-22-13-17(18(20)14-22)19(3,4)25-11-9-21-7-6-16(12-21)23-5/h15-18H,6-14H2,1-5H3. The molecule has 3 unspecified atom stereocenters. The number of methoxy groups -OCH3 is 1. The molecule has 0 saturated carbocycles. The van der Waals surface area contributed by atoms with Gasteiger partial charge < -0.3 is 14.2 Å². The van der Waals surface area contributed by atoms with Gasteiger partial charge in [0.05, 0.1) is 31.0 Å². The third-order valence-electron chi connectivity index (χ3n) is 5.52. The van der Waals surface area contributed by atoms with Crippen LogP contribution in [-0.4, -0.2) is 93.4 Å². The highest BCUT2D eigenvalue weighted by Gasteiger charge is 2.43. The molecule has 0 radical (unpaired) electrons. The Morgan fingerprint density at radius 3 is 2.44 bits per heavy atom. The van der Waals surface area contributed by atoms with Crippen molar-refractivity contribution in [1.82, 2.24) is 9.80 Å². The number of alkyl halides is 1. The first-order valence-electron chi connectivity index (χ1n) is 9.69. The molecule has 148 valence electrons. The van der Waals surface area contributed by atoms with Gasteiger partial charge in [-0.2, -0.15) is 0 Å². The average Bonchev–Trinajstić information content (AvgIpc) is 3.13. The summed E-state index contributed by atoms with van der Waals surface area (Å²) in [6.07, 6.45) is 0.823. The monoisotopic (exact) mass is 360 g/mol. The van der Waals surface area contributed by atoms with E-state index in [1.807, 2.05) is 27.7 Å². The van der Waals surface area contributed by atoms with Crippen LogP contribution in [0.1, 0.15) is 34.1 Å². The molecular weight excluding hydrogens is 323 g/mol. The molecule has 0 spiro atoms. The average molecular weight is 361 g/mol. The zero-order valence-corrected chi connectivity index (χ0v) is 16.7. The van der Waals surface area contributed by atoms with Gasteiger partial charge in [0.1, 0.15) is 6.17 Å². The lowest BCUT2D eigenvalue weighted by Crippen LogP contribution is -2.42. The van der Waals surface area contributed by atoms with Crippen LogP contribution in [0.5, 0.6) is 0 Å². The molecule has 0 aliphatic carbocycles. The molecule has 0 amide bonds. The second-order valence-corrected chi connectivity index (χ2v) is 8.20. The molecule has 2 heterocycles. The summed E-state index contributed by atoms with van der Waals surface area (Å²) in [6.45, 7) is 14.3. The smallest absolute Gasteiger partial charge is 0.119 e. The predicted octanol–water partition coefficient (Wildman–Crippen LogP) is 2.20. The van der Waals surface area contributed by atoms with Gasteiger partial charge in [-0.15, -0.1) is 0 Å². The Bertz CT molecular complexity index is 395. The highest BCUT2D eigenvalue weighted by molar-refractivity contribution is 4.94. The number of hydrogen-bond acceptors (Lipinski definition) is 5. The summed E-state index contributed by atoms with van der Waals surface area (Å²) in [5, 5.41) is 0. The van der Waals surface area contributed by atoms with E-state index in [1.165, 1.54) is 0 Å². The molecule has 2 fully saturated rings. The van der Waals surface area contributed by atoms with E-state index in [9.17, 15) is 4.39 Å². The van der Waals surface area contributed by atoms with Gasteiger partial charge in [0.15, 0.2) is 0 Å². The van der Waals surface area contributed by atoms with Gasteiger partial charge in [-0.25, -0.2) is 4.39 Å². The first-order valence-corrected chi connectivity index (χ1v) is 9.69. The fraction of sp³-hybridized carbons (Fsp3) is 1.00. The Kier molecular flexibility index (Phi) is 8.08. The van der Waals surface area contributed by atoms with Crippen molar-refractivity contribution in [3.05, 3.63) is 0 Å². The third-order valence-corrected chi connectivity index (χ3v) is 5.52. The van der Waals surface area contributed by atoms with Crippen LogP contribution in [-0.2, 0) is 14.2 Å². The number of hydrogen-bond donors (Lipinski definition) is 0. The summed E-state index contributed by atoms with van der Waals surface area (Å²) >= 11 is 0. The van der Waals surface area contributed by atoms with Gasteiger partial charge >= 0.3 is 0 Å². The van der Waals surface area contributed by atoms with Gasteiger partial charge in [-0.3, -0.25) is 9.80 Å². The molecule has 2 aliphatic heterocycles. The second-order valence-electron chi connectivity index (χ2n) is 8.20. The maximum absolute atomic E-state index is 14.6. The van der Waals surface area contributed by atoms with E-state index in [0.717, 1.165) is 39.1 Å². The lowest BCUT2D eigenvalue weighted by molar-refractivity contribution is -0.0760. The third kappa shape index (κ3) is 6.43. The van der Waals surface area contributed by atoms with Crippen LogP contribution >= 0.6 is 0 Å². The van der Waals surface area contributed by atoms with Gasteiger partial charge in [0, 0.05) is 52.3 Å². The number of rotatable bonds is 10. The molecule has 0 N–H and O–H groups in total. The van der Waals surface area contributed by atoms with Crippen molar-refractivity contribution in [3.63, 3.8) is 0 Å². The van der Waals surface area contributed by atoms with Crippen LogP contribution in [0.2, 0.25) is 0 Å². The summed E-state index contributed by atoms with van der Waals surface area (Å²) in [5.41, 5.74) is -0.451. The molecule has 5 nitrogen and oxygen atoms in total. The number of likely N-dealkylation sites (tertiary alicyclic amines) is 2. The van der Waals surface area contributed by atoms with Crippen molar-refractivity contribution in [2.24, 2.45) is 5.92 Å². The Morgan fingerprint density at radius 2 is 1.80 bits per heavy atom. The number of ether oxygens (including phenoxy) is 3. The van der Waals surface area contributed by atoms with Gasteiger partial charge in [0.2, 0.25) is 0 Å². The fourth-order valence-corrected chi connectivity index (χ4v) is 3.83. The zero-order valence-electron chi connectivity index (χ0n) is 16.7. The van der Waals surface area contributed by atoms with Crippen molar-refractivity contribution >= 4 is 0 Å². The molecule has 0 bridgehead atoms. The van der Waals surface area contributed by atoms with Crippen LogP contribution in [0.15, 0.2) is 0 Å². The van der Waals surface area contributed by atoms with Crippen molar-refractivity contribution < 1.29 is 18.6 Å². The molecule has 0 aromatic carbocycles. The summed E-state index contributed by atoms with van der Waals surface area (Å²) in [4.78, 5) is 4.52. The molecular formula is C19H37FN2O3. The summed E-state index contributed by atoms with van der Waals surface area (Å²) in [6, 6.07) is 0. The van der Waals surface area contributed by atoms with Crippen molar-refractivity contribution in [2.45, 2.75) is 58.1 Å². The Morgan fingerprint density at radius 1 is 1.08 bits per heavy atom. The predicted molar refractivity (Wildman–Crippen MR) is 97.8 cm³/mol. The molecule has 6 heteroatoms. The SMILES string of the molecule is COC1CCN(CCOC(C)(C)C2CN(CCOC(C)C)CC2F)C1. The van der Waals surface area contributed by atoms with Crippen molar-refractivity contribution in [3.8, 4) is 0 Å². The Labute approximate surface area is 152 Å². The first kappa shape index (κ1) is 21.0. The number of nitrogens with zero attached hydrogens (tertiary/aromatic N) is 2. The summed E-state index contributed by atoms with van der Waals surface area (Å²) in [7, 11) is 1.77. The molecule has 3 atom stereocenters. The van der Waals surface area contributed by atoms with Crippen LogP contribution in [0.25, 0.3) is 0 Å². The van der Waals surface area contributed by atoms with Crippen LogP contribution in [0.4, 0.5) is 4.39 Å². The molecule has 2 aliphatic rings. The molecule has 0 aromatic heterocycles. The molecule has 0 aromatic rings. The molecule has 25 heavy (non-hydrogen) atoms. The van der Waals surface area contributed by atoms with E-state index in [2.05, 4.69) is 9.80 Å². The number of halogens is 1. The topological polar surface area (TPSA) is 34.2 Å².